The van der Waals surface area contributed by atoms with Gasteiger partial charge in [0.15, 0.2) is 5.82 Å². The van der Waals surface area contributed by atoms with E-state index >= 15 is 0 Å². The fraction of sp³-hybridized carbons (Fsp3) is 0.105. The molecule has 3 heterocycles. The van der Waals surface area contributed by atoms with Crippen LogP contribution in [0.25, 0.3) is 21.7 Å². The molecule has 4 rings (SSSR count). The van der Waals surface area contributed by atoms with Crippen molar-refractivity contribution in [3.05, 3.63) is 65.7 Å². The van der Waals surface area contributed by atoms with Gasteiger partial charge in [-0.2, -0.15) is 0 Å². The van der Waals surface area contributed by atoms with Crippen molar-refractivity contribution >= 4 is 34.1 Å². The van der Waals surface area contributed by atoms with Gasteiger partial charge in [0.25, 0.3) is 5.91 Å². The van der Waals surface area contributed by atoms with Crippen LogP contribution in [-0.4, -0.2) is 20.4 Å². The first-order chi connectivity index (χ1) is 12.3. The smallest absolute Gasteiger partial charge is 0.266 e. The van der Waals surface area contributed by atoms with E-state index in [1.807, 2.05) is 42.5 Å². The van der Waals surface area contributed by atoms with Gasteiger partial charge < -0.3 is 9.88 Å². The average Bonchev–Trinajstić information content (AvgIpc) is 3.27. The lowest BCUT2D eigenvalue weighted by Crippen LogP contribution is -2.10. The summed E-state index contributed by atoms with van der Waals surface area (Å²) in [5.74, 6) is 1.28. The third-order valence-corrected chi connectivity index (χ3v) is 5.01. The Balaban J connectivity index is 1.66. The molecule has 1 amide bonds. The van der Waals surface area contributed by atoms with Gasteiger partial charge in [-0.05, 0) is 43.3 Å². The number of nitrogens with zero attached hydrogens (tertiary/aromatic N) is 3. The predicted molar refractivity (Wildman–Crippen MR) is 101 cm³/mol. The summed E-state index contributed by atoms with van der Waals surface area (Å²) in [6.07, 6.45) is 1.65. The number of imidazole rings is 1. The van der Waals surface area contributed by atoms with Crippen molar-refractivity contribution in [1.29, 1.82) is 0 Å². The molecule has 0 aliphatic carbocycles. The first kappa shape index (κ1) is 15.5. The number of pyridine rings is 1. The Morgan fingerprint density at radius 1 is 1.12 bits per heavy atom. The molecule has 3 aromatic heterocycles. The fourth-order valence-electron chi connectivity index (χ4n) is 2.78. The van der Waals surface area contributed by atoms with E-state index in [1.54, 1.807) is 12.3 Å². The summed E-state index contributed by atoms with van der Waals surface area (Å²) in [6, 6.07) is 17.3. The lowest BCUT2D eigenvalue weighted by molar-refractivity contribution is 0.103. The number of fused-ring (bicyclic) bond motifs is 1. The highest BCUT2D eigenvalue weighted by Gasteiger charge is 2.16. The maximum absolute atomic E-state index is 12.4. The Hall–Kier alpha value is -2.99. The van der Waals surface area contributed by atoms with Crippen molar-refractivity contribution in [3.63, 3.8) is 0 Å². The molecule has 1 N–H and O–H groups in total. The molecular formula is C19H16N4OS. The number of rotatable bonds is 4. The van der Waals surface area contributed by atoms with E-state index in [9.17, 15) is 4.79 Å². The maximum atomic E-state index is 12.4. The van der Waals surface area contributed by atoms with Crippen LogP contribution in [0.1, 0.15) is 16.6 Å². The van der Waals surface area contributed by atoms with Gasteiger partial charge in [0.05, 0.1) is 20.8 Å². The minimum absolute atomic E-state index is 0.158. The maximum Gasteiger partial charge on any atom is 0.266 e. The van der Waals surface area contributed by atoms with Gasteiger partial charge >= 0.3 is 0 Å². The Labute approximate surface area is 149 Å². The Bertz CT molecular complexity index is 1040. The molecule has 0 radical (unpaired) electrons. The summed E-state index contributed by atoms with van der Waals surface area (Å²) in [4.78, 5) is 22.9. The van der Waals surface area contributed by atoms with E-state index in [4.69, 9.17) is 4.98 Å². The molecule has 0 saturated carbocycles. The van der Waals surface area contributed by atoms with Crippen LogP contribution in [0.4, 0.5) is 5.82 Å². The van der Waals surface area contributed by atoms with Crippen molar-refractivity contribution in [2.45, 2.75) is 13.5 Å². The standard InChI is InChI=1S/C19H16N4OS/c1-2-23-14-8-4-3-7-13(14)21-18(23)15-10-11-16(25-15)19(24)22-17-9-5-6-12-20-17/h3-12H,2H2,1H3,(H,20,22,24). The van der Waals surface area contributed by atoms with Crippen LogP contribution in [0.5, 0.6) is 0 Å². The van der Waals surface area contributed by atoms with Crippen LogP contribution in [0.3, 0.4) is 0 Å². The van der Waals surface area contributed by atoms with Gasteiger partial charge in [-0.3, -0.25) is 4.79 Å². The molecule has 5 nitrogen and oxygen atoms in total. The lowest BCUT2D eigenvalue weighted by atomic mass is 10.3. The molecule has 124 valence electrons. The van der Waals surface area contributed by atoms with E-state index in [1.165, 1.54) is 11.3 Å². The highest BCUT2D eigenvalue weighted by atomic mass is 32.1. The predicted octanol–water partition coefficient (Wildman–Crippen LogP) is 4.43. The minimum atomic E-state index is -0.158. The van der Waals surface area contributed by atoms with Gasteiger partial charge in [0.1, 0.15) is 5.82 Å². The second-order valence-corrected chi connectivity index (χ2v) is 6.59. The summed E-state index contributed by atoms with van der Waals surface area (Å²) in [5, 5.41) is 2.81. The average molecular weight is 348 g/mol. The fourth-order valence-corrected chi connectivity index (χ4v) is 3.68. The van der Waals surface area contributed by atoms with Crippen LogP contribution in [-0.2, 0) is 6.54 Å². The SMILES string of the molecule is CCn1c(-c2ccc(C(=O)Nc3ccccn3)s2)nc2ccccc21. The van der Waals surface area contributed by atoms with Gasteiger partial charge in [-0.1, -0.05) is 18.2 Å². The molecular weight excluding hydrogens is 332 g/mol. The Kier molecular flexibility index (Phi) is 4.03. The number of para-hydroxylation sites is 2. The monoisotopic (exact) mass is 348 g/mol. The van der Waals surface area contributed by atoms with Gasteiger partial charge in [0, 0.05) is 12.7 Å². The highest BCUT2D eigenvalue weighted by Crippen LogP contribution is 2.30. The van der Waals surface area contributed by atoms with Crippen LogP contribution >= 0.6 is 11.3 Å². The number of benzene rings is 1. The largest absolute Gasteiger partial charge is 0.324 e. The van der Waals surface area contributed by atoms with Gasteiger partial charge in [-0.25, -0.2) is 9.97 Å². The van der Waals surface area contributed by atoms with E-state index in [0.29, 0.717) is 10.7 Å². The molecule has 0 aliphatic rings. The van der Waals surface area contributed by atoms with E-state index in [0.717, 1.165) is 28.3 Å². The Morgan fingerprint density at radius 3 is 2.76 bits per heavy atom. The third kappa shape index (κ3) is 2.92. The molecule has 25 heavy (non-hydrogen) atoms. The molecule has 0 bridgehead atoms. The number of aryl methyl sites for hydroxylation is 1. The van der Waals surface area contributed by atoms with Crippen molar-refractivity contribution in [2.24, 2.45) is 0 Å². The van der Waals surface area contributed by atoms with Crippen LogP contribution < -0.4 is 5.32 Å². The number of anilines is 1. The van der Waals surface area contributed by atoms with Crippen molar-refractivity contribution < 1.29 is 4.79 Å². The van der Waals surface area contributed by atoms with Gasteiger partial charge in [0.2, 0.25) is 0 Å². The van der Waals surface area contributed by atoms with E-state index in [2.05, 4.69) is 27.9 Å². The Morgan fingerprint density at radius 2 is 1.96 bits per heavy atom. The van der Waals surface area contributed by atoms with E-state index < -0.39 is 0 Å². The third-order valence-electron chi connectivity index (χ3n) is 3.93. The molecule has 1 aromatic carbocycles. The quantitative estimate of drug-likeness (QED) is 0.593. The molecule has 0 spiro atoms. The van der Waals surface area contributed by atoms with Crippen molar-refractivity contribution in [2.75, 3.05) is 5.32 Å². The summed E-state index contributed by atoms with van der Waals surface area (Å²) in [7, 11) is 0. The molecule has 6 heteroatoms. The molecule has 0 aliphatic heterocycles. The van der Waals surface area contributed by atoms with Crippen molar-refractivity contribution in [3.8, 4) is 10.7 Å². The van der Waals surface area contributed by atoms with Gasteiger partial charge in [-0.15, -0.1) is 11.3 Å². The number of amides is 1. The number of carbonyl (C=O) groups is 1. The number of nitrogens with one attached hydrogen (secondary N) is 1. The zero-order chi connectivity index (χ0) is 17.2. The first-order valence-corrected chi connectivity index (χ1v) is 8.86. The minimum Gasteiger partial charge on any atom is -0.324 e. The van der Waals surface area contributed by atoms with Crippen LogP contribution in [0.15, 0.2) is 60.8 Å². The summed E-state index contributed by atoms with van der Waals surface area (Å²) < 4.78 is 2.17. The van der Waals surface area contributed by atoms with Crippen LogP contribution in [0.2, 0.25) is 0 Å². The molecule has 0 unspecified atom stereocenters. The summed E-state index contributed by atoms with van der Waals surface area (Å²) in [5.41, 5.74) is 2.07. The summed E-state index contributed by atoms with van der Waals surface area (Å²) >= 11 is 1.43. The van der Waals surface area contributed by atoms with Crippen LogP contribution in [0, 0.1) is 0 Å². The number of hydrogen-bond acceptors (Lipinski definition) is 4. The lowest BCUT2D eigenvalue weighted by Gasteiger charge is -2.04. The second kappa shape index (κ2) is 6.49. The zero-order valence-electron chi connectivity index (χ0n) is 13.6. The topological polar surface area (TPSA) is 59.8 Å². The molecule has 4 aromatic rings. The highest BCUT2D eigenvalue weighted by molar-refractivity contribution is 7.17. The molecule has 0 atom stereocenters. The number of thiophene rings is 1. The molecule has 0 fully saturated rings. The summed E-state index contributed by atoms with van der Waals surface area (Å²) in [6.45, 7) is 2.92. The first-order valence-electron chi connectivity index (χ1n) is 8.04. The number of hydrogen-bond donors (Lipinski definition) is 1. The zero-order valence-corrected chi connectivity index (χ0v) is 14.5. The normalized spacial score (nSPS) is 10.9. The van der Waals surface area contributed by atoms with Crippen molar-refractivity contribution in [1.82, 2.24) is 14.5 Å². The van der Waals surface area contributed by atoms with E-state index in [-0.39, 0.29) is 5.91 Å². The number of aromatic nitrogens is 3. The number of carbonyl (C=O) groups excluding carboxylic acids is 1. The molecule has 0 saturated heterocycles. The second-order valence-electron chi connectivity index (χ2n) is 5.50.